The van der Waals surface area contributed by atoms with Crippen LogP contribution in [0.15, 0.2) is 28.9 Å². The summed E-state index contributed by atoms with van der Waals surface area (Å²) in [7, 11) is 1.79. The molecule has 1 aliphatic rings. The van der Waals surface area contributed by atoms with E-state index in [9.17, 15) is 4.79 Å². The average Bonchev–Trinajstić information content (AvgIpc) is 3.09. The molecular formula is C15H19N5O3. The molecule has 1 aliphatic heterocycles. The van der Waals surface area contributed by atoms with Crippen LogP contribution < -0.4 is 5.32 Å². The maximum Gasteiger partial charge on any atom is 0.317 e. The summed E-state index contributed by atoms with van der Waals surface area (Å²) in [6.07, 6.45) is 3.37. The summed E-state index contributed by atoms with van der Waals surface area (Å²) in [5.74, 6) is 0.756. The van der Waals surface area contributed by atoms with Gasteiger partial charge in [-0.05, 0) is 25.0 Å². The van der Waals surface area contributed by atoms with E-state index in [2.05, 4.69) is 20.4 Å². The SMILES string of the molecule is CN(C(=O)NCc1nc(-c2ccccn2)no1)C1CCOCC1. The summed E-state index contributed by atoms with van der Waals surface area (Å²) in [5.41, 5.74) is 0.633. The lowest BCUT2D eigenvalue weighted by Crippen LogP contribution is -2.45. The van der Waals surface area contributed by atoms with Gasteiger partial charge in [-0.3, -0.25) is 4.98 Å². The Bertz CT molecular complexity index is 640. The van der Waals surface area contributed by atoms with E-state index in [0.29, 0.717) is 30.6 Å². The van der Waals surface area contributed by atoms with E-state index in [1.54, 1.807) is 24.2 Å². The zero-order valence-corrected chi connectivity index (χ0v) is 12.9. The molecule has 3 heterocycles. The highest BCUT2D eigenvalue weighted by Crippen LogP contribution is 2.14. The lowest BCUT2D eigenvalue weighted by atomic mass is 10.1. The second-order valence-corrected chi connectivity index (χ2v) is 5.34. The van der Waals surface area contributed by atoms with Crippen LogP contribution in [-0.2, 0) is 11.3 Å². The molecule has 0 aromatic carbocycles. The first kappa shape index (κ1) is 15.4. The number of nitrogens with one attached hydrogen (secondary N) is 1. The zero-order chi connectivity index (χ0) is 16.1. The van der Waals surface area contributed by atoms with E-state index < -0.39 is 0 Å². The van der Waals surface area contributed by atoms with Gasteiger partial charge in [0.1, 0.15) is 5.69 Å². The highest BCUT2D eigenvalue weighted by molar-refractivity contribution is 5.74. The number of urea groups is 1. The fraction of sp³-hybridized carbons (Fsp3) is 0.467. The lowest BCUT2D eigenvalue weighted by molar-refractivity contribution is 0.0524. The highest BCUT2D eigenvalue weighted by Gasteiger charge is 2.22. The predicted octanol–water partition coefficient (Wildman–Crippen LogP) is 1.45. The van der Waals surface area contributed by atoms with Crippen LogP contribution >= 0.6 is 0 Å². The largest absolute Gasteiger partial charge is 0.381 e. The van der Waals surface area contributed by atoms with Crippen LogP contribution in [-0.4, -0.2) is 52.4 Å². The van der Waals surface area contributed by atoms with E-state index in [-0.39, 0.29) is 18.6 Å². The molecule has 3 rings (SSSR count). The predicted molar refractivity (Wildman–Crippen MR) is 81.4 cm³/mol. The number of carbonyl (C=O) groups is 1. The molecule has 23 heavy (non-hydrogen) atoms. The summed E-state index contributed by atoms with van der Waals surface area (Å²) < 4.78 is 10.4. The topological polar surface area (TPSA) is 93.4 Å². The molecule has 2 amide bonds. The molecule has 0 spiro atoms. The first-order chi connectivity index (χ1) is 11.2. The van der Waals surface area contributed by atoms with Crippen LogP contribution in [0.1, 0.15) is 18.7 Å². The Hall–Kier alpha value is -2.48. The van der Waals surface area contributed by atoms with Gasteiger partial charge in [-0.15, -0.1) is 0 Å². The molecule has 2 aromatic heterocycles. The van der Waals surface area contributed by atoms with Crippen molar-refractivity contribution in [3.63, 3.8) is 0 Å². The maximum atomic E-state index is 12.2. The zero-order valence-electron chi connectivity index (χ0n) is 12.9. The summed E-state index contributed by atoms with van der Waals surface area (Å²) in [4.78, 5) is 22.3. The number of aromatic nitrogens is 3. The van der Waals surface area contributed by atoms with Crippen molar-refractivity contribution in [3.05, 3.63) is 30.3 Å². The van der Waals surface area contributed by atoms with Gasteiger partial charge >= 0.3 is 6.03 Å². The second kappa shape index (κ2) is 7.19. The molecule has 2 aromatic rings. The first-order valence-electron chi connectivity index (χ1n) is 7.56. The maximum absolute atomic E-state index is 12.2. The number of ether oxygens (including phenoxy) is 1. The third kappa shape index (κ3) is 3.84. The highest BCUT2D eigenvalue weighted by atomic mass is 16.5. The van der Waals surface area contributed by atoms with Gasteiger partial charge in [0.25, 0.3) is 0 Å². The van der Waals surface area contributed by atoms with E-state index >= 15 is 0 Å². The van der Waals surface area contributed by atoms with Crippen molar-refractivity contribution >= 4 is 6.03 Å². The molecular weight excluding hydrogens is 298 g/mol. The fourth-order valence-electron chi connectivity index (χ4n) is 2.44. The van der Waals surface area contributed by atoms with Crippen LogP contribution in [0.5, 0.6) is 0 Å². The average molecular weight is 317 g/mol. The monoisotopic (exact) mass is 317 g/mol. The first-order valence-corrected chi connectivity index (χ1v) is 7.56. The van der Waals surface area contributed by atoms with Gasteiger partial charge in [0.2, 0.25) is 11.7 Å². The van der Waals surface area contributed by atoms with E-state index in [1.165, 1.54) is 0 Å². The summed E-state index contributed by atoms with van der Waals surface area (Å²) in [5, 5.41) is 6.66. The van der Waals surface area contributed by atoms with E-state index in [1.807, 2.05) is 12.1 Å². The number of pyridine rings is 1. The molecule has 0 atom stereocenters. The third-order valence-corrected chi connectivity index (χ3v) is 3.81. The summed E-state index contributed by atoms with van der Waals surface area (Å²) in [6.45, 7) is 1.57. The normalized spacial score (nSPS) is 15.3. The van der Waals surface area contributed by atoms with Crippen molar-refractivity contribution in [2.24, 2.45) is 0 Å². The van der Waals surface area contributed by atoms with E-state index in [4.69, 9.17) is 9.26 Å². The van der Waals surface area contributed by atoms with Crippen LogP contribution in [0.3, 0.4) is 0 Å². The lowest BCUT2D eigenvalue weighted by Gasteiger charge is -2.31. The molecule has 0 bridgehead atoms. The van der Waals surface area contributed by atoms with Crippen molar-refractivity contribution in [2.45, 2.75) is 25.4 Å². The fourth-order valence-corrected chi connectivity index (χ4v) is 2.44. The minimum absolute atomic E-state index is 0.158. The Morgan fingerprint density at radius 2 is 2.22 bits per heavy atom. The van der Waals surface area contributed by atoms with Crippen molar-refractivity contribution < 1.29 is 14.1 Å². The number of hydrogen-bond donors (Lipinski definition) is 1. The number of amides is 2. The van der Waals surface area contributed by atoms with Crippen molar-refractivity contribution in [3.8, 4) is 11.5 Å². The van der Waals surface area contributed by atoms with E-state index in [0.717, 1.165) is 12.8 Å². The minimum Gasteiger partial charge on any atom is -0.381 e. The smallest absolute Gasteiger partial charge is 0.317 e. The van der Waals surface area contributed by atoms with Crippen LogP contribution in [0.4, 0.5) is 4.79 Å². The summed E-state index contributed by atoms with van der Waals surface area (Å²) in [6, 6.07) is 5.51. The summed E-state index contributed by atoms with van der Waals surface area (Å²) >= 11 is 0. The number of carbonyl (C=O) groups excluding carboxylic acids is 1. The van der Waals surface area contributed by atoms with Gasteiger partial charge in [0, 0.05) is 32.5 Å². The number of rotatable bonds is 4. The molecule has 8 heteroatoms. The van der Waals surface area contributed by atoms with Gasteiger partial charge in [0.05, 0.1) is 6.54 Å². The van der Waals surface area contributed by atoms with Gasteiger partial charge in [-0.25, -0.2) is 4.79 Å². The van der Waals surface area contributed by atoms with Crippen molar-refractivity contribution in [1.29, 1.82) is 0 Å². The van der Waals surface area contributed by atoms with Gasteiger partial charge in [-0.2, -0.15) is 4.98 Å². The van der Waals surface area contributed by atoms with Crippen LogP contribution in [0.25, 0.3) is 11.5 Å². The molecule has 0 aliphatic carbocycles. The van der Waals surface area contributed by atoms with Gasteiger partial charge in [0.15, 0.2) is 0 Å². The standard InChI is InChI=1S/C15H19N5O3/c1-20(11-5-8-22-9-6-11)15(21)17-10-13-18-14(19-23-13)12-4-2-3-7-16-12/h2-4,7,11H,5-6,8-10H2,1H3,(H,17,21). The molecule has 0 radical (unpaired) electrons. The Labute approximate surface area is 133 Å². The molecule has 1 fully saturated rings. The number of nitrogens with zero attached hydrogens (tertiary/aromatic N) is 4. The second-order valence-electron chi connectivity index (χ2n) is 5.34. The molecule has 0 saturated carbocycles. The molecule has 8 nitrogen and oxygen atoms in total. The van der Waals surface area contributed by atoms with Gasteiger partial charge < -0.3 is 19.5 Å². The molecule has 122 valence electrons. The van der Waals surface area contributed by atoms with Crippen molar-refractivity contribution in [2.75, 3.05) is 20.3 Å². The Balaban J connectivity index is 1.54. The molecule has 1 saturated heterocycles. The molecule has 0 unspecified atom stereocenters. The Morgan fingerprint density at radius 1 is 1.39 bits per heavy atom. The Morgan fingerprint density at radius 3 is 2.96 bits per heavy atom. The quantitative estimate of drug-likeness (QED) is 0.917. The number of hydrogen-bond acceptors (Lipinski definition) is 6. The van der Waals surface area contributed by atoms with Crippen LogP contribution in [0, 0.1) is 0 Å². The van der Waals surface area contributed by atoms with Crippen molar-refractivity contribution in [1.82, 2.24) is 25.3 Å². The van der Waals surface area contributed by atoms with Crippen LogP contribution in [0.2, 0.25) is 0 Å². The Kier molecular flexibility index (Phi) is 4.82. The minimum atomic E-state index is -0.158. The molecule has 1 N–H and O–H groups in total. The third-order valence-electron chi connectivity index (χ3n) is 3.81. The van der Waals surface area contributed by atoms with Gasteiger partial charge in [-0.1, -0.05) is 11.2 Å².